The molecule has 0 radical (unpaired) electrons. The second kappa shape index (κ2) is 5.11. The third kappa shape index (κ3) is 2.71. The van der Waals surface area contributed by atoms with Crippen molar-refractivity contribution in [1.82, 2.24) is 4.98 Å². The highest BCUT2D eigenvalue weighted by molar-refractivity contribution is 5.63. The van der Waals surface area contributed by atoms with Crippen LogP contribution in [0.2, 0.25) is 0 Å². The summed E-state index contributed by atoms with van der Waals surface area (Å²) in [6.07, 6.45) is 3.69. The van der Waals surface area contributed by atoms with Gasteiger partial charge in [-0.1, -0.05) is 38.1 Å². The predicted molar refractivity (Wildman–Crippen MR) is 71.7 cm³/mol. The molecule has 0 amide bonds. The third-order valence-corrected chi connectivity index (χ3v) is 2.94. The molecule has 17 heavy (non-hydrogen) atoms. The molecule has 0 bridgehead atoms. The van der Waals surface area contributed by atoms with Crippen LogP contribution in [0.1, 0.15) is 30.9 Å². The van der Waals surface area contributed by atoms with Gasteiger partial charge in [-0.3, -0.25) is 4.98 Å². The van der Waals surface area contributed by atoms with Crippen molar-refractivity contribution in [2.45, 2.75) is 26.3 Å². The van der Waals surface area contributed by atoms with E-state index in [0.717, 1.165) is 11.1 Å². The Balaban J connectivity index is 2.32. The average molecular weight is 226 g/mol. The highest BCUT2D eigenvalue weighted by Gasteiger charge is 2.02. The van der Waals surface area contributed by atoms with E-state index in [-0.39, 0.29) is 0 Å². The Hall–Kier alpha value is -1.67. The summed E-state index contributed by atoms with van der Waals surface area (Å²) in [6.45, 7) is 4.93. The molecule has 0 unspecified atom stereocenters. The molecular weight excluding hydrogens is 208 g/mol. The van der Waals surface area contributed by atoms with E-state index >= 15 is 0 Å². The van der Waals surface area contributed by atoms with Gasteiger partial charge in [0, 0.05) is 24.5 Å². The van der Waals surface area contributed by atoms with Gasteiger partial charge in [0.15, 0.2) is 0 Å². The molecule has 1 heterocycles. The number of nitrogens with zero attached hydrogens (tertiary/aromatic N) is 1. The molecular formula is C15H18N2. The summed E-state index contributed by atoms with van der Waals surface area (Å²) in [7, 11) is 0. The molecule has 0 atom stereocenters. The first-order valence-electron chi connectivity index (χ1n) is 5.95. The monoisotopic (exact) mass is 226 g/mol. The van der Waals surface area contributed by atoms with Crippen LogP contribution < -0.4 is 5.73 Å². The molecule has 0 saturated carbocycles. The number of aromatic nitrogens is 1. The van der Waals surface area contributed by atoms with Crippen molar-refractivity contribution in [3.05, 3.63) is 53.9 Å². The van der Waals surface area contributed by atoms with Gasteiger partial charge in [-0.05, 0) is 28.7 Å². The van der Waals surface area contributed by atoms with Gasteiger partial charge in [0.1, 0.15) is 0 Å². The van der Waals surface area contributed by atoms with E-state index in [1.165, 1.54) is 11.1 Å². The quantitative estimate of drug-likeness (QED) is 0.871. The number of rotatable bonds is 3. The average Bonchev–Trinajstić information content (AvgIpc) is 2.39. The Morgan fingerprint density at radius 1 is 1.06 bits per heavy atom. The zero-order valence-corrected chi connectivity index (χ0v) is 10.4. The van der Waals surface area contributed by atoms with Crippen molar-refractivity contribution in [2.24, 2.45) is 5.73 Å². The molecule has 0 saturated heterocycles. The fourth-order valence-electron chi connectivity index (χ4n) is 1.82. The normalized spacial score (nSPS) is 10.8. The SMILES string of the molecule is CC(C)c1ccc(-c2cncc(CN)c2)cc1. The molecule has 2 nitrogen and oxygen atoms in total. The maximum absolute atomic E-state index is 5.62. The van der Waals surface area contributed by atoms with Gasteiger partial charge in [0.2, 0.25) is 0 Å². The summed E-state index contributed by atoms with van der Waals surface area (Å²) >= 11 is 0. The Bertz CT molecular complexity index is 487. The lowest BCUT2D eigenvalue weighted by Crippen LogP contribution is -1.97. The summed E-state index contributed by atoms with van der Waals surface area (Å²) in [5.74, 6) is 0.567. The van der Waals surface area contributed by atoms with Gasteiger partial charge in [-0.25, -0.2) is 0 Å². The number of pyridine rings is 1. The van der Waals surface area contributed by atoms with E-state index < -0.39 is 0 Å². The van der Waals surface area contributed by atoms with E-state index in [0.29, 0.717) is 12.5 Å². The van der Waals surface area contributed by atoms with Crippen molar-refractivity contribution < 1.29 is 0 Å². The first-order valence-corrected chi connectivity index (χ1v) is 5.95. The fourth-order valence-corrected chi connectivity index (χ4v) is 1.82. The highest BCUT2D eigenvalue weighted by atomic mass is 14.6. The zero-order chi connectivity index (χ0) is 12.3. The zero-order valence-electron chi connectivity index (χ0n) is 10.4. The van der Waals surface area contributed by atoms with Gasteiger partial charge in [-0.2, -0.15) is 0 Å². The molecule has 2 N–H and O–H groups in total. The van der Waals surface area contributed by atoms with Gasteiger partial charge in [0.05, 0.1) is 0 Å². The topological polar surface area (TPSA) is 38.9 Å². The Morgan fingerprint density at radius 3 is 2.35 bits per heavy atom. The van der Waals surface area contributed by atoms with Crippen LogP contribution >= 0.6 is 0 Å². The smallest absolute Gasteiger partial charge is 0.0346 e. The summed E-state index contributed by atoms with van der Waals surface area (Å²) in [4.78, 5) is 4.21. The van der Waals surface area contributed by atoms with Crippen molar-refractivity contribution in [2.75, 3.05) is 0 Å². The van der Waals surface area contributed by atoms with Crippen LogP contribution in [0.4, 0.5) is 0 Å². The first-order chi connectivity index (χ1) is 8.20. The largest absolute Gasteiger partial charge is 0.326 e. The van der Waals surface area contributed by atoms with Crippen LogP contribution in [0.25, 0.3) is 11.1 Å². The number of benzene rings is 1. The Kier molecular flexibility index (Phi) is 3.55. The molecule has 0 aliphatic rings. The maximum Gasteiger partial charge on any atom is 0.0346 e. The summed E-state index contributed by atoms with van der Waals surface area (Å²) in [5, 5.41) is 0. The van der Waals surface area contributed by atoms with Crippen LogP contribution in [-0.4, -0.2) is 4.98 Å². The molecule has 2 heteroatoms. The van der Waals surface area contributed by atoms with Crippen molar-refractivity contribution >= 4 is 0 Å². The predicted octanol–water partition coefficient (Wildman–Crippen LogP) is 3.33. The molecule has 0 aliphatic carbocycles. The van der Waals surface area contributed by atoms with E-state index in [4.69, 9.17) is 5.73 Å². The maximum atomic E-state index is 5.62. The van der Waals surface area contributed by atoms with Crippen LogP contribution in [0, 0.1) is 0 Å². The second-order valence-electron chi connectivity index (χ2n) is 4.56. The van der Waals surface area contributed by atoms with E-state index in [1.54, 1.807) is 0 Å². The standard InChI is InChI=1S/C15H18N2/c1-11(2)13-3-5-14(6-4-13)15-7-12(8-16)9-17-10-15/h3-7,9-11H,8,16H2,1-2H3. The minimum atomic E-state index is 0.533. The molecule has 2 rings (SSSR count). The number of hydrogen-bond acceptors (Lipinski definition) is 2. The van der Waals surface area contributed by atoms with Crippen molar-refractivity contribution in [3.63, 3.8) is 0 Å². The van der Waals surface area contributed by atoms with Crippen molar-refractivity contribution in [3.8, 4) is 11.1 Å². The van der Waals surface area contributed by atoms with Crippen LogP contribution in [-0.2, 0) is 6.54 Å². The second-order valence-corrected chi connectivity index (χ2v) is 4.56. The lowest BCUT2D eigenvalue weighted by Gasteiger charge is -2.07. The van der Waals surface area contributed by atoms with Gasteiger partial charge < -0.3 is 5.73 Å². The fraction of sp³-hybridized carbons (Fsp3) is 0.267. The van der Waals surface area contributed by atoms with E-state index in [9.17, 15) is 0 Å². The lowest BCUT2D eigenvalue weighted by atomic mass is 9.99. The number of hydrogen-bond donors (Lipinski definition) is 1. The minimum Gasteiger partial charge on any atom is -0.326 e. The summed E-state index contributed by atoms with van der Waals surface area (Å²) in [6, 6.07) is 10.7. The third-order valence-electron chi connectivity index (χ3n) is 2.94. The Labute approximate surface area is 103 Å². The van der Waals surface area contributed by atoms with E-state index in [1.807, 2.05) is 12.4 Å². The van der Waals surface area contributed by atoms with Crippen molar-refractivity contribution in [1.29, 1.82) is 0 Å². The minimum absolute atomic E-state index is 0.533. The van der Waals surface area contributed by atoms with Gasteiger partial charge in [-0.15, -0.1) is 0 Å². The number of nitrogens with two attached hydrogens (primary N) is 1. The highest BCUT2D eigenvalue weighted by Crippen LogP contribution is 2.22. The van der Waals surface area contributed by atoms with Crippen LogP contribution in [0.5, 0.6) is 0 Å². The molecule has 1 aromatic carbocycles. The Morgan fingerprint density at radius 2 is 1.76 bits per heavy atom. The van der Waals surface area contributed by atoms with Crippen LogP contribution in [0.3, 0.4) is 0 Å². The lowest BCUT2D eigenvalue weighted by molar-refractivity contribution is 0.867. The molecule has 1 aromatic heterocycles. The van der Waals surface area contributed by atoms with Crippen LogP contribution in [0.15, 0.2) is 42.7 Å². The van der Waals surface area contributed by atoms with E-state index in [2.05, 4.69) is 49.2 Å². The molecule has 0 spiro atoms. The van der Waals surface area contributed by atoms with Gasteiger partial charge in [0.25, 0.3) is 0 Å². The summed E-state index contributed by atoms with van der Waals surface area (Å²) < 4.78 is 0. The molecule has 0 fully saturated rings. The molecule has 2 aromatic rings. The van der Waals surface area contributed by atoms with Gasteiger partial charge >= 0.3 is 0 Å². The molecule has 88 valence electrons. The molecule has 0 aliphatic heterocycles. The summed E-state index contributed by atoms with van der Waals surface area (Å²) in [5.41, 5.74) is 10.4. The first kappa shape index (κ1) is 11.8.